The third-order valence-corrected chi connectivity index (χ3v) is 3.12. The number of hydrogen-bond donors (Lipinski definition) is 1. The molecular formula is C12H9BrFNO4. The van der Waals surface area contributed by atoms with Gasteiger partial charge in [0, 0.05) is 6.07 Å². The van der Waals surface area contributed by atoms with E-state index in [9.17, 15) is 9.18 Å². The number of halogens is 2. The van der Waals surface area contributed by atoms with Crippen molar-refractivity contribution in [3.8, 4) is 17.0 Å². The average Bonchev–Trinajstić information content (AvgIpc) is 2.82. The van der Waals surface area contributed by atoms with Crippen LogP contribution in [0.3, 0.4) is 0 Å². The monoisotopic (exact) mass is 329 g/mol. The van der Waals surface area contributed by atoms with E-state index < -0.39 is 11.8 Å². The first-order valence-electron chi connectivity index (χ1n) is 5.18. The Morgan fingerprint density at radius 2 is 2.21 bits per heavy atom. The molecule has 0 fully saturated rings. The molecule has 0 bridgehead atoms. The summed E-state index contributed by atoms with van der Waals surface area (Å²) in [7, 11) is 1.40. The Bertz CT molecular complexity index is 653. The lowest BCUT2D eigenvalue weighted by Crippen LogP contribution is -1.96. The summed E-state index contributed by atoms with van der Waals surface area (Å²) in [6, 6.07) is 2.71. The fourth-order valence-electron chi connectivity index (χ4n) is 1.72. The van der Waals surface area contributed by atoms with E-state index in [1.54, 1.807) is 13.0 Å². The lowest BCUT2D eigenvalue weighted by atomic mass is 10.1. The van der Waals surface area contributed by atoms with Crippen LogP contribution in [-0.2, 0) is 0 Å². The summed E-state index contributed by atoms with van der Waals surface area (Å²) in [6.45, 7) is 1.74. The van der Waals surface area contributed by atoms with E-state index in [0.717, 1.165) is 6.07 Å². The molecule has 0 radical (unpaired) electrons. The van der Waals surface area contributed by atoms with Gasteiger partial charge < -0.3 is 14.4 Å². The van der Waals surface area contributed by atoms with Crippen LogP contribution in [0.5, 0.6) is 5.75 Å². The van der Waals surface area contributed by atoms with Crippen molar-refractivity contribution < 1.29 is 23.6 Å². The number of carboxylic acids is 1. The number of aromatic carboxylic acids is 1. The number of aromatic nitrogens is 1. The second kappa shape index (κ2) is 5.00. The van der Waals surface area contributed by atoms with Crippen LogP contribution in [0.1, 0.15) is 16.1 Å². The molecule has 2 rings (SSSR count). The fraction of sp³-hybridized carbons (Fsp3) is 0.167. The topological polar surface area (TPSA) is 72.6 Å². The molecule has 0 unspecified atom stereocenters. The molecule has 19 heavy (non-hydrogen) atoms. The maximum Gasteiger partial charge on any atom is 0.374 e. The SMILES string of the molecule is COc1c(C)cc(Br)c(F)c1-c1cc(C(=O)O)on1. The summed E-state index contributed by atoms with van der Waals surface area (Å²) in [4.78, 5) is 10.8. The number of methoxy groups -OCH3 is 1. The first kappa shape index (κ1) is 13.5. The number of rotatable bonds is 3. The molecule has 5 nitrogen and oxygen atoms in total. The summed E-state index contributed by atoms with van der Waals surface area (Å²) in [5.74, 6) is -1.95. The van der Waals surface area contributed by atoms with Crippen LogP contribution in [0, 0.1) is 12.7 Å². The first-order valence-corrected chi connectivity index (χ1v) is 5.98. The van der Waals surface area contributed by atoms with Crippen LogP contribution in [0.15, 0.2) is 21.1 Å². The number of carboxylic acid groups (broad SMARTS) is 1. The van der Waals surface area contributed by atoms with Crippen molar-refractivity contribution >= 4 is 21.9 Å². The van der Waals surface area contributed by atoms with Crippen LogP contribution in [0.25, 0.3) is 11.3 Å². The van der Waals surface area contributed by atoms with Gasteiger partial charge in [0.2, 0.25) is 5.76 Å². The van der Waals surface area contributed by atoms with Crippen LogP contribution in [0.4, 0.5) is 4.39 Å². The van der Waals surface area contributed by atoms with Gasteiger partial charge in [-0.1, -0.05) is 5.16 Å². The van der Waals surface area contributed by atoms with Crippen molar-refractivity contribution in [2.45, 2.75) is 6.92 Å². The molecule has 1 heterocycles. The molecule has 0 saturated heterocycles. The lowest BCUT2D eigenvalue weighted by molar-refractivity contribution is 0.0652. The molecule has 7 heteroatoms. The lowest BCUT2D eigenvalue weighted by Gasteiger charge is -2.11. The van der Waals surface area contributed by atoms with Gasteiger partial charge in [-0.15, -0.1) is 0 Å². The van der Waals surface area contributed by atoms with Crippen molar-refractivity contribution in [3.05, 3.63) is 33.7 Å². The molecule has 100 valence electrons. The predicted octanol–water partition coefficient (Wildman–Crippen LogP) is 3.26. The van der Waals surface area contributed by atoms with Gasteiger partial charge in [0.25, 0.3) is 0 Å². The Morgan fingerprint density at radius 1 is 1.53 bits per heavy atom. The van der Waals surface area contributed by atoms with Crippen molar-refractivity contribution in [2.24, 2.45) is 0 Å². The van der Waals surface area contributed by atoms with Crippen LogP contribution in [0.2, 0.25) is 0 Å². The highest BCUT2D eigenvalue weighted by Gasteiger charge is 2.22. The van der Waals surface area contributed by atoms with Gasteiger partial charge in [-0.25, -0.2) is 9.18 Å². The summed E-state index contributed by atoms with van der Waals surface area (Å²) >= 11 is 3.09. The van der Waals surface area contributed by atoms with Gasteiger partial charge in [-0.3, -0.25) is 0 Å². The predicted molar refractivity (Wildman–Crippen MR) is 67.8 cm³/mol. The average molecular weight is 330 g/mol. The van der Waals surface area contributed by atoms with Gasteiger partial charge in [-0.2, -0.15) is 0 Å². The Labute approximate surface area is 116 Å². The summed E-state index contributed by atoms with van der Waals surface area (Å²) in [5.41, 5.74) is 0.812. The van der Waals surface area contributed by atoms with Crippen LogP contribution < -0.4 is 4.74 Å². The molecule has 0 aliphatic rings. The van der Waals surface area contributed by atoms with E-state index in [0.29, 0.717) is 5.56 Å². The van der Waals surface area contributed by atoms with Gasteiger partial charge in [0.05, 0.1) is 17.1 Å². The molecule has 0 aliphatic heterocycles. The number of benzene rings is 1. The number of carbonyl (C=O) groups is 1. The second-order valence-electron chi connectivity index (χ2n) is 3.78. The molecule has 0 atom stereocenters. The molecule has 0 spiro atoms. The van der Waals surface area contributed by atoms with E-state index in [4.69, 9.17) is 9.84 Å². The van der Waals surface area contributed by atoms with Crippen LogP contribution in [-0.4, -0.2) is 23.3 Å². The smallest absolute Gasteiger partial charge is 0.374 e. The molecule has 0 saturated carbocycles. The second-order valence-corrected chi connectivity index (χ2v) is 4.63. The maximum absolute atomic E-state index is 14.2. The third-order valence-electron chi connectivity index (χ3n) is 2.54. The Balaban J connectivity index is 2.69. The van der Waals surface area contributed by atoms with E-state index in [1.165, 1.54) is 7.11 Å². The van der Waals surface area contributed by atoms with Gasteiger partial charge in [0.15, 0.2) is 5.82 Å². The summed E-state index contributed by atoms with van der Waals surface area (Å²) in [6.07, 6.45) is 0. The van der Waals surface area contributed by atoms with Gasteiger partial charge in [0.1, 0.15) is 11.4 Å². The molecule has 1 N–H and O–H groups in total. The van der Waals surface area contributed by atoms with E-state index in [2.05, 4.69) is 25.6 Å². The van der Waals surface area contributed by atoms with E-state index >= 15 is 0 Å². The number of aryl methyl sites for hydroxylation is 1. The summed E-state index contributed by atoms with van der Waals surface area (Å²) in [5, 5.41) is 12.3. The van der Waals surface area contributed by atoms with Crippen molar-refractivity contribution in [1.29, 1.82) is 0 Å². The molecule has 1 aromatic heterocycles. The highest BCUT2D eigenvalue weighted by molar-refractivity contribution is 9.10. The van der Waals surface area contributed by atoms with Crippen LogP contribution >= 0.6 is 15.9 Å². The van der Waals surface area contributed by atoms with Crippen molar-refractivity contribution in [3.63, 3.8) is 0 Å². The molecule has 1 aromatic carbocycles. The third kappa shape index (κ3) is 2.33. The summed E-state index contributed by atoms with van der Waals surface area (Å²) < 4.78 is 24.2. The number of ether oxygens (including phenoxy) is 1. The zero-order valence-electron chi connectivity index (χ0n) is 10.0. The van der Waals surface area contributed by atoms with Crippen molar-refractivity contribution in [1.82, 2.24) is 5.16 Å². The highest BCUT2D eigenvalue weighted by Crippen LogP contribution is 2.38. The quantitative estimate of drug-likeness (QED) is 0.935. The molecule has 2 aromatic rings. The molecular weight excluding hydrogens is 321 g/mol. The Kier molecular flexibility index (Phi) is 3.57. The van der Waals surface area contributed by atoms with Gasteiger partial charge in [-0.05, 0) is 34.5 Å². The fourth-order valence-corrected chi connectivity index (χ4v) is 2.26. The minimum absolute atomic E-state index is 0.0608. The van der Waals surface area contributed by atoms with E-state index in [-0.39, 0.29) is 27.2 Å². The molecule has 0 amide bonds. The minimum Gasteiger partial charge on any atom is -0.496 e. The number of hydrogen-bond acceptors (Lipinski definition) is 4. The largest absolute Gasteiger partial charge is 0.496 e. The van der Waals surface area contributed by atoms with Crippen molar-refractivity contribution in [2.75, 3.05) is 7.11 Å². The van der Waals surface area contributed by atoms with Gasteiger partial charge >= 0.3 is 5.97 Å². The Hall–Kier alpha value is -1.89. The van der Waals surface area contributed by atoms with E-state index in [1.807, 2.05) is 0 Å². The number of nitrogens with zero attached hydrogens (tertiary/aromatic N) is 1. The highest BCUT2D eigenvalue weighted by atomic mass is 79.9. The minimum atomic E-state index is -1.27. The zero-order chi connectivity index (χ0) is 14.2. The Morgan fingerprint density at radius 3 is 2.74 bits per heavy atom. The zero-order valence-corrected chi connectivity index (χ0v) is 11.6. The standard InChI is InChI=1S/C12H9BrFNO4/c1-5-3-6(13)10(14)9(11(5)18-2)7-4-8(12(16)17)19-15-7/h3-4H,1-2H3,(H,16,17). The maximum atomic E-state index is 14.2. The normalized spacial score (nSPS) is 10.5. The first-order chi connectivity index (χ1) is 8.95. The molecule has 0 aliphatic carbocycles.